The molecular weight excluding hydrogens is 447 g/mol. The second-order valence-corrected chi connectivity index (χ2v) is 5.77. The first-order valence-corrected chi connectivity index (χ1v) is 8.79. The zero-order valence-electron chi connectivity index (χ0n) is 15.4. The topological polar surface area (TPSA) is 84.0 Å². The Kier molecular flexibility index (Phi) is 11.0. The van der Waals surface area contributed by atoms with E-state index in [9.17, 15) is 4.79 Å². The number of rotatable bonds is 8. The van der Waals surface area contributed by atoms with Crippen LogP contribution in [0.25, 0.3) is 0 Å². The lowest BCUT2D eigenvalue weighted by molar-refractivity contribution is 0.0954. The van der Waals surface area contributed by atoms with Crippen LogP contribution in [0.4, 0.5) is 0 Å². The van der Waals surface area contributed by atoms with Gasteiger partial charge in [0.25, 0.3) is 5.91 Å². The summed E-state index contributed by atoms with van der Waals surface area (Å²) >= 11 is 0. The van der Waals surface area contributed by atoms with Gasteiger partial charge in [-0.2, -0.15) is 0 Å². The minimum atomic E-state index is -0.123. The Labute approximate surface area is 172 Å². The molecule has 2 rings (SSSR count). The van der Waals surface area contributed by atoms with Crippen molar-refractivity contribution in [2.45, 2.75) is 25.9 Å². The minimum Gasteiger partial charge on any atom is -0.497 e. The molecule has 1 fully saturated rings. The van der Waals surface area contributed by atoms with E-state index < -0.39 is 0 Å². The van der Waals surface area contributed by atoms with Crippen molar-refractivity contribution in [2.75, 3.05) is 39.9 Å². The monoisotopic (exact) mass is 476 g/mol. The fraction of sp³-hybridized carbons (Fsp3) is 0.556. The molecule has 0 spiro atoms. The van der Waals surface area contributed by atoms with Crippen molar-refractivity contribution < 1.29 is 14.3 Å². The van der Waals surface area contributed by atoms with Crippen LogP contribution in [0.1, 0.15) is 30.1 Å². The van der Waals surface area contributed by atoms with E-state index in [2.05, 4.69) is 20.9 Å². The summed E-state index contributed by atoms with van der Waals surface area (Å²) in [5.74, 6) is 1.29. The van der Waals surface area contributed by atoms with Crippen LogP contribution in [0.3, 0.4) is 0 Å². The lowest BCUT2D eigenvalue weighted by atomic mass is 10.2. The number of hydrogen-bond donors (Lipinski definition) is 3. The second-order valence-electron chi connectivity index (χ2n) is 5.77. The average Bonchev–Trinajstić information content (AvgIpc) is 3.16. The maximum absolute atomic E-state index is 12.1. The molecule has 0 saturated carbocycles. The number of guanidine groups is 1. The van der Waals surface area contributed by atoms with Gasteiger partial charge in [-0.1, -0.05) is 6.07 Å². The summed E-state index contributed by atoms with van der Waals surface area (Å²) in [5, 5.41) is 9.29. The van der Waals surface area contributed by atoms with E-state index in [0.717, 1.165) is 32.0 Å². The quantitative estimate of drug-likeness (QED) is 0.231. The van der Waals surface area contributed by atoms with Gasteiger partial charge in [-0.25, -0.2) is 0 Å². The van der Waals surface area contributed by atoms with Gasteiger partial charge in [-0.05, 0) is 38.0 Å². The normalized spacial score (nSPS) is 16.5. The minimum absolute atomic E-state index is 0. The first-order chi connectivity index (χ1) is 12.2. The molecule has 1 amide bonds. The van der Waals surface area contributed by atoms with Gasteiger partial charge in [0, 0.05) is 31.8 Å². The molecule has 1 aromatic rings. The number of benzene rings is 1. The van der Waals surface area contributed by atoms with Gasteiger partial charge < -0.3 is 25.4 Å². The number of aliphatic imine (C=N–C) groups is 1. The van der Waals surface area contributed by atoms with E-state index in [1.165, 1.54) is 0 Å². The molecule has 0 bridgehead atoms. The summed E-state index contributed by atoms with van der Waals surface area (Å²) in [6, 6.07) is 7.09. The fourth-order valence-corrected chi connectivity index (χ4v) is 2.55. The average molecular weight is 476 g/mol. The van der Waals surface area contributed by atoms with Gasteiger partial charge in [-0.15, -0.1) is 24.0 Å². The van der Waals surface area contributed by atoms with E-state index in [4.69, 9.17) is 9.47 Å². The van der Waals surface area contributed by atoms with Crippen molar-refractivity contribution in [3.8, 4) is 5.75 Å². The van der Waals surface area contributed by atoms with Crippen molar-refractivity contribution in [3.05, 3.63) is 29.8 Å². The number of carbonyl (C=O) groups is 1. The van der Waals surface area contributed by atoms with Gasteiger partial charge in [0.05, 0.1) is 19.8 Å². The standard InChI is InChI=1S/C18H28N4O3.HI/c1-3-19-18(22-13-16-8-5-11-25-16)21-10-9-20-17(23)14-6-4-7-15(12-14)24-2;/h4,6-7,12,16H,3,5,8-11,13H2,1-2H3,(H,20,23)(H2,19,21,22);1H. The van der Waals surface area contributed by atoms with Crippen LogP contribution in [0.15, 0.2) is 29.3 Å². The lowest BCUT2D eigenvalue weighted by Gasteiger charge is -2.13. The molecule has 7 nitrogen and oxygen atoms in total. The van der Waals surface area contributed by atoms with Crippen molar-refractivity contribution in [2.24, 2.45) is 4.99 Å². The van der Waals surface area contributed by atoms with Crippen LogP contribution >= 0.6 is 24.0 Å². The Balaban J connectivity index is 0.00000338. The number of nitrogens with zero attached hydrogens (tertiary/aromatic N) is 1. The van der Waals surface area contributed by atoms with Crippen molar-refractivity contribution in [1.82, 2.24) is 16.0 Å². The Bertz CT molecular complexity index is 577. The van der Waals surface area contributed by atoms with Crippen LogP contribution in [0.2, 0.25) is 0 Å². The predicted octanol–water partition coefficient (Wildman–Crippen LogP) is 1.78. The van der Waals surface area contributed by atoms with Crippen molar-refractivity contribution in [1.29, 1.82) is 0 Å². The molecule has 0 radical (unpaired) electrons. The van der Waals surface area contributed by atoms with Crippen LogP contribution in [0.5, 0.6) is 5.75 Å². The molecule has 8 heteroatoms. The molecule has 0 aromatic heterocycles. The van der Waals surface area contributed by atoms with Crippen molar-refractivity contribution >= 4 is 35.8 Å². The fourth-order valence-electron chi connectivity index (χ4n) is 2.55. The smallest absolute Gasteiger partial charge is 0.251 e. The van der Waals surface area contributed by atoms with Crippen LogP contribution in [-0.2, 0) is 4.74 Å². The summed E-state index contributed by atoms with van der Waals surface area (Å²) in [6.45, 7) is 5.39. The lowest BCUT2D eigenvalue weighted by Crippen LogP contribution is -2.42. The molecule has 1 heterocycles. The van der Waals surface area contributed by atoms with Crippen LogP contribution < -0.4 is 20.7 Å². The Hall–Kier alpha value is -1.55. The molecule has 1 aliphatic rings. The summed E-state index contributed by atoms with van der Waals surface area (Å²) in [5.41, 5.74) is 0.582. The van der Waals surface area contributed by atoms with E-state index >= 15 is 0 Å². The van der Waals surface area contributed by atoms with Crippen molar-refractivity contribution in [3.63, 3.8) is 0 Å². The number of methoxy groups -OCH3 is 1. The largest absolute Gasteiger partial charge is 0.497 e. The highest BCUT2D eigenvalue weighted by Gasteiger charge is 2.14. The molecule has 26 heavy (non-hydrogen) atoms. The summed E-state index contributed by atoms with van der Waals surface area (Å²) in [6.07, 6.45) is 2.41. The molecule has 146 valence electrons. The predicted molar refractivity (Wildman–Crippen MR) is 114 cm³/mol. The first-order valence-electron chi connectivity index (χ1n) is 8.79. The summed E-state index contributed by atoms with van der Waals surface area (Å²) in [7, 11) is 1.58. The van der Waals surface area contributed by atoms with Gasteiger partial charge in [0.15, 0.2) is 5.96 Å². The SMILES string of the molecule is CCNC(=NCC1CCCO1)NCCNC(=O)c1cccc(OC)c1.I. The molecule has 0 aliphatic carbocycles. The molecule has 1 atom stereocenters. The Morgan fingerprint density at radius 1 is 1.31 bits per heavy atom. The summed E-state index contributed by atoms with van der Waals surface area (Å²) in [4.78, 5) is 16.7. The van der Waals surface area contributed by atoms with Gasteiger partial charge in [0.1, 0.15) is 5.75 Å². The molecule has 1 unspecified atom stereocenters. The van der Waals surface area contributed by atoms with Crippen LogP contribution in [-0.4, -0.2) is 57.9 Å². The third kappa shape index (κ3) is 7.77. The number of halogens is 1. The molecular formula is C18H29IN4O3. The third-order valence-corrected chi connectivity index (χ3v) is 3.86. The third-order valence-electron chi connectivity index (χ3n) is 3.86. The number of carbonyl (C=O) groups excluding carboxylic acids is 1. The van der Waals surface area contributed by atoms with Gasteiger partial charge in [0.2, 0.25) is 0 Å². The number of hydrogen-bond acceptors (Lipinski definition) is 4. The van der Waals surface area contributed by atoms with E-state index in [-0.39, 0.29) is 36.0 Å². The van der Waals surface area contributed by atoms with Gasteiger partial charge >= 0.3 is 0 Å². The molecule has 1 aromatic carbocycles. The highest BCUT2D eigenvalue weighted by atomic mass is 127. The Morgan fingerprint density at radius 3 is 2.81 bits per heavy atom. The van der Waals surface area contributed by atoms with E-state index in [0.29, 0.717) is 30.9 Å². The zero-order chi connectivity index (χ0) is 17.9. The number of amides is 1. The maximum Gasteiger partial charge on any atom is 0.251 e. The number of ether oxygens (including phenoxy) is 2. The molecule has 3 N–H and O–H groups in total. The highest BCUT2D eigenvalue weighted by molar-refractivity contribution is 14.0. The molecule has 1 saturated heterocycles. The highest BCUT2D eigenvalue weighted by Crippen LogP contribution is 2.12. The van der Waals surface area contributed by atoms with E-state index in [1.807, 2.05) is 13.0 Å². The first kappa shape index (κ1) is 22.5. The van der Waals surface area contributed by atoms with E-state index in [1.54, 1.807) is 25.3 Å². The Morgan fingerprint density at radius 2 is 2.12 bits per heavy atom. The summed E-state index contributed by atoms with van der Waals surface area (Å²) < 4.78 is 10.7. The van der Waals surface area contributed by atoms with Gasteiger partial charge in [-0.3, -0.25) is 9.79 Å². The molecule has 1 aliphatic heterocycles. The van der Waals surface area contributed by atoms with Crippen LogP contribution in [0, 0.1) is 0 Å². The maximum atomic E-state index is 12.1. The second kappa shape index (κ2) is 12.7. The zero-order valence-corrected chi connectivity index (χ0v) is 17.7. The number of nitrogens with one attached hydrogen (secondary N) is 3.